The minimum atomic E-state index is -1.81. The average Bonchev–Trinajstić information content (AvgIpc) is 2.94. The zero-order valence-electron chi connectivity index (χ0n) is 26.0. The lowest BCUT2D eigenvalue weighted by Gasteiger charge is -2.48. The van der Waals surface area contributed by atoms with E-state index in [1.807, 2.05) is 0 Å². The minimum Gasteiger partial charge on any atom is -0.463 e. The van der Waals surface area contributed by atoms with E-state index in [4.69, 9.17) is 48.2 Å². The molecule has 0 radical (unpaired) electrons. The first kappa shape index (κ1) is 38.1. The quantitative estimate of drug-likeness (QED) is 0.0560. The van der Waals surface area contributed by atoms with E-state index < -0.39 is 110 Å². The number of hydrogen-bond donors (Lipinski definition) is 2. The van der Waals surface area contributed by atoms with Gasteiger partial charge in [-0.25, -0.2) is 0 Å². The highest BCUT2D eigenvalue weighted by Gasteiger charge is 2.55. The van der Waals surface area contributed by atoms with E-state index in [0.29, 0.717) is 0 Å². The average molecular weight is 663 g/mol. The van der Waals surface area contributed by atoms with Crippen molar-refractivity contribution < 1.29 is 76.5 Å². The number of hydrogen-bond acceptors (Lipinski definition) is 17. The Labute approximate surface area is 262 Å². The Hall–Kier alpha value is -4.07. The van der Waals surface area contributed by atoms with Crippen molar-refractivity contribution in [3.05, 3.63) is 10.4 Å². The van der Waals surface area contributed by atoms with E-state index >= 15 is 0 Å². The molecule has 46 heavy (non-hydrogen) atoms. The van der Waals surface area contributed by atoms with E-state index in [0.717, 1.165) is 41.5 Å². The molecule has 20 nitrogen and oxygen atoms in total. The molecule has 1 amide bonds. The van der Waals surface area contributed by atoms with Crippen LogP contribution in [0.25, 0.3) is 10.4 Å². The maximum absolute atomic E-state index is 12.3. The summed E-state index contributed by atoms with van der Waals surface area (Å²) in [7, 11) is 0. The molecule has 2 aliphatic rings. The molecule has 0 aliphatic carbocycles. The lowest BCUT2D eigenvalue weighted by atomic mass is 9.95. The van der Waals surface area contributed by atoms with Crippen molar-refractivity contribution in [2.45, 2.75) is 103 Å². The molecule has 0 spiro atoms. The fraction of sp³-hybridized carbons (Fsp3) is 0.769. The first-order chi connectivity index (χ1) is 21.6. The summed E-state index contributed by atoms with van der Waals surface area (Å²) in [5.41, 5.74) is 8.59. The van der Waals surface area contributed by atoms with Gasteiger partial charge in [0.15, 0.2) is 30.9 Å². The van der Waals surface area contributed by atoms with Gasteiger partial charge in [-0.3, -0.25) is 28.8 Å². The molecule has 2 N–H and O–H groups in total. The van der Waals surface area contributed by atoms with Gasteiger partial charge in [-0.1, -0.05) is 5.11 Å². The number of nitrogens with one attached hydrogen (secondary N) is 1. The van der Waals surface area contributed by atoms with E-state index in [-0.39, 0.29) is 13.2 Å². The summed E-state index contributed by atoms with van der Waals surface area (Å²) in [6.07, 6.45) is -13.8. The van der Waals surface area contributed by atoms with Gasteiger partial charge >= 0.3 is 29.8 Å². The van der Waals surface area contributed by atoms with Crippen LogP contribution in [-0.2, 0) is 71.4 Å². The summed E-state index contributed by atoms with van der Waals surface area (Å²) < 4.78 is 49.9. The van der Waals surface area contributed by atoms with Gasteiger partial charge in [0.25, 0.3) is 0 Å². The standard InChI is InChI=1S/C26H38N4O16/c1-11(31)29-19-23(42-15(5)35)22(18(10-40-13(3)33)44-25(19)38-8-7-28-30-27)46-26-24(43-16(6)36)20(37)21(41-14(4)34)17(45-26)9-39-12(2)32/h17-26,37H,7-10H2,1-6H3,(H,29,31)/t17-,18-,19-,20+,21+,22-,23-,24-,25-,26+/m1/s1. The van der Waals surface area contributed by atoms with Crippen molar-refractivity contribution in [3.63, 3.8) is 0 Å². The van der Waals surface area contributed by atoms with Gasteiger partial charge in [-0.2, -0.15) is 0 Å². The summed E-state index contributed by atoms with van der Waals surface area (Å²) in [6, 6.07) is -1.29. The second kappa shape index (κ2) is 18.2. The molecule has 2 aliphatic heterocycles. The van der Waals surface area contributed by atoms with Crippen molar-refractivity contribution >= 4 is 35.8 Å². The van der Waals surface area contributed by atoms with Crippen molar-refractivity contribution in [1.29, 1.82) is 0 Å². The highest BCUT2D eigenvalue weighted by molar-refractivity contribution is 5.73. The molecule has 2 heterocycles. The number of aliphatic hydroxyl groups is 1. The third kappa shape index (κ3) is 11.7. The maximum atomic E-state index is 12.3. The number of rotatable bonds is 14. The van der Waals surface area contributed by atoms with Crippen molar-refractivity contribution in [2.24, 2.45) is 5.11 Å². The van der Waals surface area contributed by atoms with Gasteiger partial charge in [0, 0.05) is 53.0 Å². The molecular weight excluding hydrogens is 624 g/mol. The van der Waals surface area contributed by atoms with Crippen LogP contribution in [0.3, 0.4) is 0 Å². The Balaban J connectivity index is 2.60. The lowest BCUT2D eigenvalue weighted by Crippen LogP contribution is -2.69. The van der Waals surface area contributed by atoms with Gasteiger partial charge in [0.1, 0.15) is 43.7 Å². The van der Waals surface area contributed by atoms with Crippen LogP contribution in [0.1, 0.15) is 41.5 Å². The van der Waals surface area contributed by atoms with E-state index in [1.54, 1.807) is 0 Å². The zero-order valence-corrected chi connectivity index (χ0v) is 26.0. The SMILES string of the molecule is CC(=O)N[C@H]1[C@H](OCCN=[N+]=[N-])O[C@H](COC(C)=O)[C@@H](O[C@@H]2O[C@H](COC(C)=O)[C@H](OC(C)=O)[C@H](O)[C@H]2OC(C)=O)[C@@H]1OC(C)=O. The van der Waals surface area contributed by atoms with Gasteiger partial charge in [0.05, 0.1) is 6.61 Å². The van der Waals surface area contributed by atoms with Crippen LogP contribution in [0.2, 0.25) is 0 Å². The Kier molecular flexibility index (Phi) is 15.1. The van der Waals surface area contributed by atoms with Crippen molar-refractivity contribution in [3.8, 4) is 0 Å². The van der Waals surface area contributed by atoms with Gasteiger partial charge in [-0.05, 0) is 5.53 Å². The number of nitrogens with zero attached hydrogens (tertiary/aromatic N) is 3. The molecule has 0 bridgehead atoms. The van der Waals surface area contributed by atoms with Gasteiger partial charge in [-0.15, -0.1) is 0 Å². The summed E-state index contributed by atoms with van der Waals surface area (Å²) in [5.74, 6) is -4.68. The van der Waals surface area contributed by atoms with Crippen molar-refractivity contribution in [2.75, 3.05) is 26.4 Å². The number of carbonyl (C=O) groups excluding carboxylic acids is 6. The van der Waals surface area contributed by atoms with Crippen LogP contribution >= 0.6 is 0 Å². The Morgan fingerprint density at radius 3 is 1.74 bits per heavy atom. The second-order valence-electron chi connectivity index (χ2n) is 10.1. The Morgan fingerprint density at radius 1 is 0.739 bits per heavy atom. The predicted octanol–water partition coefficient (Wildman–Crippen LogP) is -1.06. The zero-order chi connectivity index (χ0) is 34.6. The Morgan fingerprint density at radius 2 is 1.24 bits per heavy atom. The molecule has 10 atom stereocenters. The molecule has 0 saturated carbocycles. The number of ether oxygens (including phenoxy) is 9. The fourth-order valence-corrected chi connectivity index (χ4v) is 4.67. The van der Waals surface area contributed by atoms with Crippen LogP contribution < -0.4 is 5.32 Å². The Bertz CT molecular complexity index is 1160. The van der Waals surface area contributed by atoms with Crippen LogP contribution in [-0.4, -0.2) is 129 Å². The summed E-state index contributed by atoms with van der Waals surface area (Å²) in [6.45, 7) is 5.11. The first-order valence-electron chi connectivity index (χ1n) is 14.0. The minimum absolute atomic E-state index is 0.138. The third-order valence-corrected chi connectivity index (χ3v) is 6.27. The van der Waals surface area contributed by atoms with E-state index in [9.17, 15) is 33.9 Å². The fourth-order valence-electron chi connectivity index (χ4n) is 4.67. The normalized spacial score (nSPS) is 30.5. The number of esters is 5. The van der Waals surface area contributed by atoms with Crippen LogP contribution in [0.4, 0.5) is 0 Å². The molecule has 20 heteroatoms. The van der Waals surface area contributed by atoms with Crippen molar-refractivity contribution in [1.82, 2.24) is 5.32 Å². The van der Waals surface area contributed by atoms with Crippen LogP contribution in [0.15, 0.2) is 5.11 Å². The van der Waals surface area contributed by atoms with E-state index in [1.165, 1.54) is 0 Å². The lowest BCUT2D eigenvalue weighted by molar-refractivity contribution is -0.349. The smallest absolute Gasteiger partial charge is 0.303 e. The van der Waals surface area contributed by atoms with E-state index in [2.05, 4.69) is 15.3 Å². The summed E-state index contributed by atoms with van der Waals surface area (Å²) in [4.78, 5) is 74.4. The summed E-state index contributed by atoms with van der Waals surface area (Å²) in [5, 5.41) is 17.1. The molecule has 2 rings (SSSR count). The number of aliphatic hydroxyl groups excluding tert-OH is 1. The molecule has 0 unspecified atom stereocenters. The van der Waals surface area contributed by atoms with Gasteiger partial charge in [0.2, 0.25) is 5.91 Å². The summed E-state index contributed by atoms with van der Waals surface area (Å²) >= 11 is 0. The third-order valence-electron chi connectivity index (χ3n) is 6.27. The highest BCUT2D eigenvalue weighted by Crippen LogP contribution is 2.33. The maximum Gasteiger partial charge on any atom is 0.303 e. The molecule has 0 aromatic heterocycles. The molecule has 0 aromatic rings. The molecule has 0 aromatic carbocycles. The second-order valence-corrected chi connectivity index (χ2v) is 10.1. The van der Waals surface area contributed by atoms with Crippen LogP contribution in [0, 0.1) is 0 Å². The highest BCUT2D eigenvalue weighted by atomic mass is 16.8. The molecule has 258 valence electrons. The molecule has 2 saturated heterocycles. The first-order valence-corrected chi connectivity index (χ1v) is 14.0. The number of azide groups is 1. The predicted molar refractivity (Wildman–Crippen MR) is 146 cm³/mol. The monoisotopic (exact) mass is 662 g/mol. The number of carbonyl (C=O) groups is 6. The van der Waals surface area contributed by atoms with Gasteiger partial charge < -0.3 is 53.1 Å². The number of amides is 1. The molecule has 2 fully saturated rings. The van der Waals surface area contributed by atoms with Crippen LogP contribution in [0.5, 0.6) is 0 Å². The topological polar surface area (TPSA) is 267 Å². The largest absolute Gasteiger partial charge is 0.463 e. The molecular formula is C26H38N4O16.